The summed E-state index contributed by atoms with van der Waals surface area (Å²) in [6.07, 6.45) is 1.52. The number of likely N-dealkylation sites (tertiary alicyclic amines) is 1. The number of amides is 2. The highest BCUT2D eigenvalue weighted by atomic mass is 16.2. The van der Waals surface area contributed by atoms with Gasteiger partial charge in [-0.05, 0) is 25.3 Å². The van der Waals surface area contributed by atoms with Gasteiger partial charge in [-0.1, -0.05) is 30.3 Å². The lowest BCUT2D eigenvalue weighted by atomic mass is 9.92. The van der Waals surface area contributed by atoms with Crippen molar-refractivity contribution in [2.45, 2.75) is 31.8 Å². The minimum Gasteiger partial charge on any atom is -0.369 e. The first kappa shape index (κ1) is 14.5. The van der Waals surface area contributed by atoms with Crippen LogP contribution in [0, 0.1) is 5.92 Å². The van der Waals surface area contributed by atoms with Crippen LogP contribution in [0.4, 0.5) is 0 Å². The van der Waals surface area contributed by atoms with Gasteiger partial charge in [0.25, 0.3) is 0 Å². The van der Waals surface area contributed by atoms with E-state index in [4.69, 9.17) is 11.5 Å². The van der Waals surface area contributed by atoms with Crippen LogP contribution in [0.2, 0.25) is 0 Å². The van der Waals surface area contributed by atoms with E-state index in [-0.39, 0.29) is 23.8 Å². The van der Waals surface area contributed by atoms with Crippen LogP contribution in [-0.2, 0) is 9.59 Å². The smallest absolute Gasteiger partial charge is 0.244 e. The van der Waals surface area contributed by atoms with Crippen molar-refractivity contribution < 1.29 is 9.59 Å². The van der Waals surface area contributed by atoms with Crippen molar-refractivity contribution in [3.8, 4) is 0 Å². The minimum atomic E-state index is -0.690. The molecule has 2 unspecified atom stereocenters. The van der Waals surface area contributed by atoms with Crippen molar-refractivity contribution in [3.05, 3.63) is 35.9 Å². The Balaban J connectivity index is 2.12. The highest BCUT2D eigenvalue weighted by Crippen LogP contribution is 2.24. The Morgan fingerprint density at radius 2 is 1.90 bits per heavy atom. The number of nitrogens with two attached hydrogens (primary N) is 2. The molecule has 1 aromatic carbocycles. The van der Waals surface area contributed by atoms with Crippen LogP contribution in [0.1, 0.15) is 31.4 Å². The molecule has 0 aliphatic carbocycles. The number of rotatable bonds is 3. The third-order valence-electron chi connectivity index (χ3n) is 3.99. The van der Waals surface area contributed by atoms with Gasteiger partial charge in [0.15, 0.2) is 0 Å². The van der Waals surface area contributed by atoms with Gasteiger partial charge < -0.3 is 16.4 Å². The molecule has 4 N–H and O–H groups in total. The van der Waals surface area contributed by atoms with Crippen LogP contribution in [-0.4, -0.2) is 29.3 Å². The third-order valence-corrected chi connectivity index (χ3v) is 3.99. The minimum absolute atomic E-state index is 0.0906. The maximum Gasteiger partial charge on any atom is 0.244 e. The fourth-order valence-electron chi connectivity index (χ4n) is 2.63. The molecule has 1 aliphatic heterocycles. The summed E-state index contributed by atoms with van der Waals surface area (Å²) in [7, 11) is 0. The van der Waals surface area contributed by atoms with Crippen molar-refractivity contribution in [1.82, 2.24) is 4.90 Å². The predicted molar refractivity (Wildman–Crippen MR) is 76.5 cm³/mol. The third kappa shape index (κ3) is 2.99. The van der Waals surface area contributed by atoms with Crippen LogP contribution in [0.15, 0.2) is 30.3 Å². The lowest BCUT2D eigenvalue weighted by Gasteiger charge is -2.38. The first-order valence-corrected chi connectivity index (χ1v) is 6.91. The first-order chi connectivity index (χ1) is 9.50. The Morgan fingerprint density at radius 3 is 2.50 bits per heavy atom. The number of nitrogens with zero attached hydrogens (tertiary/aromatic N) is 1. The van der Waals surface area contributed by atoms with Gasteiger partial charge in [-0.25, -0.2) is 0 Å². The maximum absolute atomic E-state index is 12.5. The summed E-state index contributed by atoms with van der Waals surface area (Å²) in [6.45, 7) is 2.35. The number of carbonyl (C=O) groups is 2. The van der Waals surface area contributed by atoms with Gasteiger partial charge in [0, 0.05) is 12.6 Å². The van der Waals surface area contributed by atoms with Crippen LogP contribution in [0.25, 0.3) is 0 Å². The van der Waals surface area contributed by atoms with Crippen molar-refractivity contribution in [3.63, 3.8) is 0 Å². The number of piperidine rings is 1. The van der Waals surface area contributed by atoms with Crippen molar-refractivity contribution in [2.75, 3.05) is 6.54 Å². The fourth-order valence-corrected chi connectivity index (χ4v) is 2.63. The van der Waals surface area contributed by atoms with Crippen LogP contribution < -0.4 is 11.5 Å². The molecule has 0 bridgehead atoms. The molecule has 1 heterocycles. The van der Waals surface area contributed by atoms with Crippen LogP contribution in [0.3, 0.4) is 0 Å². The SMILES string of the molecule is CC1CCC(C(N)=O)CN1C(=O)[C@@H](N)c1ccccc1. The topological polar surface area (TPSA) is 89.4 Å². The lowest BCUT2D eigenvalue weighted by molar-refractivity contribution is -0.139. The number of benzene rings is 1. The molecule has 0 aromatic heterocycles. The van der Waals surface area contributed by atoms with E-state index in [0.29, 0.717) is 6.54 Å². The average molecular weight is 275 g/mol. The van der Waals surface area contributed by atoms with Gasteiger partial charge in [0.05, 0.1) is 5.92 Å². The molecule has 1 aliphatic rings. The number of primary amides is 1. The molecule has 5 nitrogen and oxygen atoms in total. The van der Waals surface area contributed by atoms with E-state index in [0.717, 1.165) is 18.4 Å². The van der Waals surface area contributed by atoms with Gasteiger partial charge in [0.1, 0.15) is 6.04 Å². The van der Waals surface area contributed by atoms with Gasteiger partial charge in [0.2, 0.25) is 11.8 Å². The zero-order chi connectivity index (χ0) is 14.7. The highest BCUT2D eigenvalue weighted by molar-refractivity contribution is 5.84. The Kier molecular flexibility index (Phi) is 4.39. The van der Waals surface area contributed by atoms with Crippen LogP contribution in [0.5, 0.6) is 0 Å². The molecular weight excluding hydrogens is 254 g/mol. The predicted octanol–water partition coefficient (Wildman–Crippen LogP) is 0.799. The van der Waals surface area contributed by atoms with Crippen molar-refractivity contribution in [1.29, 1.82) is 0 Å². The molecule has 1 saturated heterocycles. The summed E-state index contributed by atoms with van der Waals surface area (Å²) in [5.74, 6) is -0.754. The monoisotopic (exact) mass is 275 g/mol. The summed E-state index contributed by atoms with van der Waals surface area (Å²) in [5.41, 5.74) is 12.2. The summed E-state index contributed by atoms with van der Waals surface area (Å²) < 4.78 is 0. The molecule has 1 fully saturated rings. The Bertz CT molecular complexity index is 489. The second-order valence-corrected chi connectivity index (χ2v) is 5.40. The van der Waals surface area contributed by atoms with E-state index in [9.17, 15) is 9.59 Å². The quantitative estimate of drug-likeness (QED) is 0.855. The summed E-state index contributed by atoms with van der Waals surface area (Å²) in [5, 5.41) is 0. The molecule has 0 spiro atoms. The lowest BCUT2D eigenvalue weighted by Crippen LogP contribution is -2.51. The largest absolute Gasteiger partial charge is 0.369 e. The number of hydrogen-bond acceptors (Lipinski definition) is 3. The number of hydrogen-bond donors (Lipinski definition) is 2. The van der Waals surface area contributed by atoms with E-state index >= 15 is 0 Å². The number of carbonyl (C=O) groups excluding carboxylic acids is 2. The Morgan fingerprint density at radius 1 is 1.25 bits per heavy atom. The Labute approximate surface area is 118 Å². The van der Waals surface area contributed by atoms with E-state index in [1.807, 2.05) is 37.3 Å². The summed E-state index contributed by atoms with van der Waals surface area (Å²) >= 11 is 0. The average Bonchev–Trinajstić information content (AvgIpc) is 2.47. The summed E-state index contributed by atoms with van der Waals surface area (Å²) in [4.78, 5) is 25.5. The van der Waals surface area contributed by atoms with Gasteiger partial charge in [-0.2, -0.15) is 0 Å². The van der Waals surface area contributed by atoms with E-state index in [1.54, 1.807) is 4.90 Å². The molecule has 0 radical (unpaired) electrons. The molecule has 5 heteroatoms. The Hall–Kier alpha value is -1.88. The van der Waals surface area contributed by atoms with Gasteiger partial charge in [-0.3, -0.25) is 9.59 Å². The zero-order valence-corrected chi connectivity index (χ0v) is 11.7. The van der Waals surface area contributed by atoms with Gasteiger partial charge >= 0.3 is 0 Å². The molecule has 20 heavy (non-hydrogen) atoms. The zero-order valence-electron chi connectivity index (χ0n) is 11.7. The fraction of sp³-hybridized carbons (Fsp3) is 0.467. The van der Waals surface area contributed by atoms with Crippen molar-refractivity contribution in [2.24, 2.45) is 17.4 Å². The van der Waals surface area contributed by atoms with E-state index in [2.05, 4.69) is 0 Å². The maximum atomic E-state index is 12.5. The molecule has 1 aromatic rings. The van der Waals surface area contributed by atoms with E-state index < -0.39 is 6.04 Å². The standard InChI is InChI=1S/C15H21N3O2/c1-10-7-8-12(14(17)19)9-18(10)15(20)13(16)11-5-3-2-4-6-11/h2-6,10,12-13H,7-9,16H2,1H3,(H2,17,19)/t10?,12?,13-/m0/s1. The molecule has 2 rings (SSSR count). The molecule has 108 valence electrons. The molecule has 3 atom stereocenters. The second kappa shape index (κ2) is 6.05. The first-order valence-electron chi connectivity index (χ1n) is 6.91. The van der Waals surface area contributed by atoms with Gasteiger partial charge in [-0.15, -0.1) is 0 Å². The normalized spacial score (nSPS) is 24.2. The molecule has 0 saturated carbocycles. The van der Waals surface area contributed by atoms with E-state index in [1.165, 1.54) is 0 Å². The summed E-state index contributed by atoms with van der Waals surface area (Å²) in [6, 6.07) is 8.67. The van der Waals surface area contributed by atoms with Crippen molar-refractivity contribution >= 4 is 11.8 Å². The van der Waals surface area contributed by atoms with Crippen LogP contribution >= 0.6 is 0 Å². The molecular formula is C15H21N3O2. The highest BCUT2D eigenvalue weighted by Gasteiger charge is 2.34. The second-order valence-electron chi connectivity index (χ2n) is 5.40. The molecule has 2 amide bonds.